The quantitative estimate of drug-likeness (QED) is 0.585. The van der Waals surface area contributed by atoms with E-state index >= 15 is 0 Å². The van der Waals surface area contributed by atoms with Gasteiger partial charge in [0.15, 0.2) is 6.29 Å². The number of rotatable bonds is 3. The standard InChI is InChI=1S/C7H14O3/c1-7(2,3)10-6(4-8)5-9/h4,6,9H,5H2,1-3H3. The van der Waals surface area contributed by atoms with Gasteiger partial charge in [-0.1, -0.05) is 0 Å². The zero-order valence-electron chi connectivity index (χ0n) is 6.63. The summed E-state index contributed by atoms with van der Waals surface area (Å²) < 4.78 is 5.12. The van der Waals surface area contributed by atoms with Crippen molar-refractivity contribution >= 4 is 6.29 Å². The fourth-order valence-electron chi connectivity index (χ4n) is 0.562. The lowest BCUT2D eigenvalue weighted by Crippen LogP contribution is -2.30. The number of ether oxygens (including phenoxy) is 1. The molecule has 0 aliphatic carbocycles. The first-order valence-corrected chi connectivity index (χ1v) is 3.23. The summed E-state index contributed by atoms with van der Waals surface area (Å²) in [6.45, 7) is 5.25. The van der Waals surface area contributed by atoms with Gasteiger partial charge in [0, 0.05) is 0 Å². The number of aldehydes is 1. The topological polar surface area (TPSA) is 46.5 Å². The molecule has 0 aromatic carbocycles. The zero-order valence-corrected chi connectivity index (χ0v) is 6.63. The Hall–Kier alpha value is -0.410. The summed E-state index contributed by atoms with van der Waals surface area (Å²) in [5, 5.41) is 8.53. The maximum absolute atomic E-state index is 10.1. The Morgan fingerprint density at radius 1 is 1.60 bits per heavy atom. The third-order valence-electron chi connectivity index (χ3n) is 0.837. The molecule has 0 radical (unpaired) electrons. The van der Waals surface area contributed by atoms with Gasteiger partial charge in [0.1, 0.15) is 6.10 Å². The van der Waals surface area contributed by atoms with Crippen LogP contribution in [-0.2, 0) is 9.53 Å². The monoisotopic (exact) mass is 146 g/mol. The van der Waals surface area contributed by atoms with Crippen LogP contribution in [0.4, 0.5) is 0 Å². The maximum Gasteiger partial charge on any atom is 0.151 e. The predicted molar refractivity (Wildman–Crippen MR) is 37.8 cm³/mol. The molecule has 0 aliphatic heterocycles. The molecule has 3 heteroatoms. The number of hydrogen-bond acceptors (Lipinski definition) is 3. The largest absolute Gasteiger partial charge is 0.393 e. The molecule has 0 saturated heterocycles. The van der Waals surface area contributed by atoms with Gasteiger partial charge in [-0.2, -0.15) is 0 Å². The summed E-state index contributed by atoms with van der Waals surface area (Å²) in [6, 6.07) is 0. The van der Waals surface area contributed by atoms with Crippen LogP contribution in [0.3, 0.4) is 0 Å². The maximum atomic E-state index is 10.1. The predicted octanol–water partition coefficient (Wildman–Crippen LogP) is 0.361. The molecule has 0 aromatic rings. The Morgan fingerprint density at radius 3 is 2.20 bits per heavy atom. The van der Waals surface area contributed by atoms with Crippen LogP contribution in [0.1, 0.15) is 20.8 Å². The number of aliphatic hydroxyl groups excluding tert-OH is 1. The molecule has 60 valence electrons. The lowest BCUT2D eigenvalue weighted by molar-refractivity contribution is -0.131. The van der Waals surface area contributed by atoms with Crippen LogP contribution < -0.4 is 0 Å². The van der Waals surface area contributed by atoms with Crippen molar-refractivity contribution in [1.82, 2.24) is 0 Å². The highest BCUT2D eigenvalue weighted by Gasteiger charge is 2.16. The van der Waals surface area contributed by atoms with Crippen molar-refractivity contribution in [1.29, 1.82) is 0 Å². The van der Waals surface area contributed by atoms with E-state index in [-0.39, 0.29) is 12.2 Å². The van der Waals surface area contributed by atoms with E-state index in [1.54, 1.807) is 0 Å². The second kappa shape index (κ2) is 3.68. The van der Waals surface area contributed by atoms with E-state index in [0.717, 1.165) is 0 Å². The fraction of sp³-hybridized carbons (Fsp3) is 0.857. The Morgan fingerprint density at radius 2 is 2.10 bits per heavy atom. The van der Waals surface area contributed by atoms with Gasteiger partial charge in [0.25, 0.3) is 0 Å². The Balaban J connectivity index is 3.74. The molecule has 1 atom stereocenters. The van der Waals surface area contributed by atoms with Crippen molar-refractivity contribution in [2.45, 2.75) is 32.5 Å². The summed E-state index contributed by atoms with van der Waals surface area (Å²) in [5.74, 6) is 0. The van der Waals surface area contributed by atoms with Crippen LogP contribution in [0.15, 0.2) is 0 Å². The minimum absolute atomic E-state index is 0.249. The number of carbonyl (C=O) groups is 1. The van der Waals surface area contributed by atoms with Gasteiger partial charge in [-0.3, -0.25) is 0 Å². The van der Waals surface area contributed by atoms with Crippen molar-refractivity contribution < 1.29 is 14.6 Å². The summed E-state index contributed by atoms with van der Waals surface area (Å²) >= 11 is 0. The average molecular weight is 146 g/mol. The van der Waals surface area contributed by atoms with Crippen LogP contribution in [0.25, 0.3) is 0 Å². The first-order valence-electron chi connectivity index (χ1n) is 3.23. The minimum atomic E-state index is -0.681. The number of carbonyl (C=O) groups excluding carboxylic acids is 1. The fourth-order valence-corrected chi connectivity index (χ4v) is 0.562. The highest BCUT2D eigenvalue weighted by molar-refractivity contribution is 5.56. The summed E-state index contributed by atoms with van der Waals surface area (Å²) in [6.07, 6.45) is -0.0781. The van der Waals surface area contributed by atoms with E-state index in [9.17, 15) is 4.79 Å². The molecule has 1 N–H and O–H groups in total. The van der Waals surface area contributed by atoms with Gasteiger partial charge in [0.05, 0.1) is 12.2 Å². The van der Waals surface area contributed by atoms with Crippen LogP contribution in [0.2, 0.25) is 0 Å². The first-order chi connectivity index (χ1) is 4.49. The van der Waals surface area contributed by atoms with E-state index in [4.69, 9.17) is 9.84 Å². The first kappa shape index (κ1) is 9.59. The summed E-state index contributed by atoms with van der Waals surface area (Å²) in [5.41, 5.74) is -0.367. The molecule has 1 unspecified atom stereocenters. The third-order valence-corrected chi connectivity index (χ3v) is 0.837. The van der Waals surface area contributed by atoms with E-state index in [2.05, 4.69) is 0 Å². The Labute approximate surface area is 61.0 Å². The van der Waals surface area contributed by atoms with Crippen molar-refractivity contribution in [3.8, 4) is 0 Å². The lowest BCUT2D eigenvalue weighted by Gasteiger charge is -2.22. The molecule has 0 rings (SSSR count). The van der Waals surface area contributed by atoms with Crippen LogP contribution >= 0.6 is 0 Å². The van der Waals surface area contributed by atoms with Crippen LogP contribution in [-0.4, -0.2) is 29.7 Å². The van der Waals surface area contributed by atoms with Gasteiger partial charge >= 0.3 is 0 Å². The van der Waals surface area contributed by atoms with Gasteiger partial charge < -0.3 is 14.6 Å². The molecule has 3 nitrogen and oxygen atoms in total. The highest BCUT2D eigenvalue weighted by atomic mass is 16.5. The molecule has 0 amide bonds. The van der Waals surface area contributed by atoms with Crippen molar-refractivity contribution in [2.75, 3.05) is 6.61 Å². The molecule has 0 aromatic heterocycles. The van der Waals surface area contributed by atoms with Gasteiger partial charge in [-0.05, 0) is 20.8 Å². The Bertz CT molecular complexity index is 104. The van der Waals surface area contributed by atoms with Crippen molar-refractivity contribution in [3.05, 3.63) is 0 Å². The average Bonchev–Trinajstić information content (AvgIpc) is 1.81. The molecule has 0 bridgehead atoms. The minimum Gasteiger partial charge on any atom is -0.393 e. The number of hydrogen-bond donors (Lipinski definition) is 1. The molecule has 0 saturated carbocycles. The van der Waals surface area contributed by atoms with Gasteiger partial charge in [-0.25, -0.2) is 0 Å². The zero-order chi connectivity index (χ0) is 8.20. The number of aliphatic hydroxyl groups is 1. The van der Waals surface area contributed by atoms with Crippen molar-refractivity contribution in [3.63, 3.8) is 0 Å². The van der Waals surface area contributed by atoms with Gasteiger partial charge in [0.2, 0.25) is 0 Å². The molecule has 0 aliphatic rings. The summed E-state index contributed by atoms with van der Waals surface area (Å²) in [4.78, 5) is 10.1. The molecule has 0 fully saturated rings. The van der Waals surface area contributed by atoms with Crippen LogP contribution in [0, 0.1) is 0 Å². The second-order valence-electron chi connectivity index (χ2n) is 3.09. The van der Waals surface area contributed by atoms with E-state index in [1.807, 2.05) is 20.8 Å². The Kier molecular flexibility index (Phi) is 3.53. The summed E-state index contributed by atoms with van der Waals surface area (Å²) in [7, 11) is 0. The molecule has 10 heavy (non-hydrogen) atoms. The normalized spacial score (nSPS) is 14.8. The SMILES string of the molecule is CC(C)(C)OC(C=O)CO. The molecular weight excluding hydrogens is 132 g/mol. The molecular formula is C7H14O3. The van der Waals surface area contributed by atoms with E-state index < -0.39 is 6.10 Å². The highest BCUT2D eigenvalue weighted by Crippen LogP contribution is 2.08. The molecule has 0 heterocycles. The second-order valence-corrected chi connectivity index (χ2v) is 3.09. The van der Waals surface area contributed by atoms with E-state index in [0.29, 0.717) is 6.29 Å². The van der Waals surface area contributed by atoms with Gasteiger partial charge in [-0.15, -0.1) is 0 Å². The van der Waals surface area contributed by atoms with Crippen LogP contribution in [0.5, 0.6) is 0 Å². The molecule has 0 spiro atoms. The van der Waals surface area contributed by atoms with E-state index in [1.165, 1.54) is 0 Å². The van der Waals surface area contributed by atoms with Crippen molar-refractivity contribution in [2.24, 2.45) is 0 Å². The smallest absolute Gasteiger partial charge is 0.151 e. The lowest BCUT2D eigenvalue weighted by atomic mass is 10.2. The third kappa shape index (κ3) is 4.47.